The van der Waals surface area contributed by atoms with E-state index in [9.17, 15) is 9.59 Å². The van der Waals surface area contributed by atoms with Crippen molar-refractivity contribution in [2.45, 2.75) is 78.2 Å². The Hall–Kier alpha value is -3.03. The maximum absolute atomic E-state index is 13.6. The third kappa shape index (κ3) is 4.31. The molecule has 1 aliphatic carbocycles. The predicted molar refractivity (Wildman–Crippen MR) is 121 cm³/mol. The van der Waals surface area contributed by atoms with E-state index in [4.69, 9.17) is 14.6 Å². The maximum atomic E-state index is 13.6. The van der Waals surface area contributed by atoms with E-state index >= 15 is 0 Å². The van der Waals surface area contributed by atoms with Gasteiger partial charge < -0.3 is 9.63 Å². The summed E-state index contributed by atoms with van der Waals surface area (Å²) in [5, 5.41) is 13.0. The lowest BCUT2D eigenvalue weighted by atomic mass is 9.84. The van der Waals surface area contributed by atoms with E-state index in [-0.39, 0.29) is 18.0 Å². The van der Waals surface area contributed by atoms with Crippen molar-refractivity contribution in [2.24, 2.45) is 5.92 Å². The summed E-state index contributed by atoms with van der Waals surface area (Å²) in [6.45, 7) is 5.82. The van der Waals surface area contributed by atoms with Gasteiger partial charge in [0.15, 0.2) is 5.65 Å². The summed E-state index contributed by atoms with van der Waals surface area (Å²) in [4.78, 5) is 34.0. The SMILES string of the molecule is Cc1noc(C)c1-c1ccc2nc(CCCC(=O)O)c(=O)n([C@@H](C)C3CCCCC3)c2n1. The average Bonchev–Trinajstić information content (AvgIpc) is 3.12. The van der Waals surface area contributed by atoms with E-state index in [0.29, 0.717) is 47.1 Å². The van der Waals surface area contributed by atoms with Crippen LogP contribution < -0.4 is 5.56 Å². The number of hydrogen-bond donors (Lipinski definition) is 1. The smallest absolute Gasteiger partial charge is 0.303 e. The summed E-state index contributed by atoms with van der Waals surface area (Å²) >= 11 is 0. The molecule has 0 spiro atoms. The molecule has 0 amide bonds. The van der Waals surface area contributed by atoms with Crippen LogP contribution in [0.4, 0.5) is 0 Å². The van der Waals surface area contributed by atoms with Gasteiger partial charge in [-0.25, -0.2) is 9.97 Å². The van der Waals surface area contributed by atoms with Crippen molar-refractivity contribution in [3.05, 3.63) is 39.6 Å². The molecule has 0 aliphatic heterocycles. The van der Waals surface area contributed by atoms with E-state index in [1.54, 1.807) is 4.57 Å². The molecule has 1 aliphatic rings. The summed E-state index contributed by atoms with van der Waals surface area (Å²) in [6, 6.07) is 3.75. The fraction of sp³-hybridized carbons (Fsp3) is 0.542. The van der Waals surface area contributed by atoms with Crippen LogP contribution in [-0.4, -0.2) is 30.8 Å². The Bertz CT molecular complexity index is 1170. The number of aromatic nitrogens is 4. The quantitative estimate of drug-likeness (QED) is 0.573. The molecule has 3 heterocycles. The summed E-state index contributed by atoms with van der Waals surface area (Å²) in [5.74, 6) is 0.220. The van der Waals surface area contributed by atoms with Crippen LogP contribution in [0.15, 0.2) is 21.5 Å². The van der Waals surface area contributed by atoms with Crippen LogP contribution in [0.5, 0.6) is 0 Å². The van der Waals surface area contributed by atoms with Crippen molar-refractivity contribution in [2.75, 3.05) is 0 Å². The van der Waals surface area contributed by atoms with E-state index in [1.165, 1.54) is 19.3 Å². The van der Waals surface area contributed by atoms with Crippen molar-refractivity contribution < 1.29 is 14.4 Å². The zero-order valence-corrected chi connectivity index (χ0v) is 18.9. The molecule has 32 heavy (non-hydrogen) atoms. The van der Waals surface area contributed by atoms with E-state index in [0.717, 1.165) is 24.1 Å². The Balaban J connectivity index is 1.85. The molecule has 0 radical (unpaired) electrons. The number of pyridine rings is 1. The third-order valence-corrected chi connectivity index (χ3v) is 6.64. The van der Waals surface area contributed by atoms with Crippen molar-refractivity contribution in [3.63, 3.8) is 0 Å². The molecule has 1 N–H and O–H groups in total. The lowest BCUT2D eigenvalue weighted by molar-refractivity contribution is -0.137. The number of aryl methyl sites for hydroxylation is 3. The molecule has 0 aromatic carbocycles. The molecule has 1 atom stereocenters. The molecule has 8 nitrogen and oxygen atoms in total. The highest BCUT2D eigenvalue weighted by Gasteiger charge is 2.26. The number of carbonyl (C=O) groups is 1. The molecule has 1 saturated carbocycles. The highest BCUT2D eigenvalue weighted by Crippen LogP contribution is 2.34. The molecule has 0 unspecified atom stereocenters. The van der Waals surface area contributed by atoms with Crippen molar-refractivity contribution >= 4 is 17.1 Å². The van der Waals surface area contributed by atoms with Crippen LogP contribution in [-0.2, 0) is 11.2 Å². The second-order valence-corrected chi connectivity index (χ2v) is 8.86. The van der Waals surface area contributed by atoms with Gasteiger partial charge in [0.05, 0.1) is 17.0 Å². The molecule has 4 rings (SSSR count). The molecule has 1 fully saturated rings. The average molecular weight is 439 g/mol. The second-order valence-electron chi connectivity index (χ2n) is 8.86. The minimum Gasteiger partial charge on any atom is -0.481 e. The molecule has 0 saturated heterocycles. The lowest BCUT2D eigenvalue weighted by Gasteiger charge is -2.30. The van der Waals surface area contributed by atoms with Crippen LogP contribution in [0.3, 0.4) is 0 Å². The Labute approximate surface area is 186 Å². The minimum absolute atomic E-state index is 0.0145. The Morgan fingerprint density at radius 2 is 1.97 bits per heavy atom. The number of fused-ring (bicyclic) bond motifs is 1. The van der Waals surface area contributed by atoms with Crippen LogP contribution >= 0.6 is 0 Å². The number of aliphatic carboxylic acids is 1. The van der Waals surface area contributed by atoms with Crippen LogP contribution in [0.25, 0.3) is 22.4 Å². The zero-order chi connectivity index (χ0) is 22.8. The normalized spacial score (nSPS) is 15.8. The Morgan fingerprint density at radius 3 is 2.62 bits per heavy atom. The first-order chi connectivity index (χ1) is 15.4. The van der Waals surface area contributed by atoms with Gasteiger partial charge in [0.25, 0.3) is 5.56 Å². The molecular formula is C24H30N4O4. The standard InChI is InChI=1S/C24H30N4O4/c1-14-22(16(3)32-27-14)18-12-13-19-23(26-18)28(15(2)17-8-5-4-6-9-17)24(31)20(25-19)10-7-11-21(29)30/h12-13,15,17H,4-11H2,1-3H3,(H,29,30)/t15-/m0/s1. The van der Waals surface area contributed by atoms with Gasteiger partial charge in [-0.1, -0.05) is 24.4 Å². The maximum Gasteiger partial charge on any atom is 0.303 e. The first-order valence-electron chi connectivity index (χ1n) is 11.4. The van der Waals surface area contributed by atoms with Crippen LogP contribution in [0, 0.1) is 19.8 Å². The number of rotatable bonds is 7. The molecule has 8 heteroatoms. The summed E-state index contributed by atoms with van der Waals surface area (Å²) in [7, 11) is 0. The van der Waals surface area contributed by atoms with Crippen molar-refractivity contribution in [1.29, 1.82) is 0 Å². The van der Waals surface area contributed by atoms with Crippen molar-refractivity contribution in [1.82, 2.24) is 19.7 Å². The fourth-order valence-corrected chi connectivity index (χ4v) is 4.90. The van der Waals surface area contributed by atoms with Gasteiger partial charge in [0.1, 0.15) is 17.0 Å². The van der Waals surface area contributed by atoms with Gasteiger partial charge in [-0.15, -0.1) is 0 Å². The van der Waals surface area contributed by atoms with E-state index in [1.807, 2.05) is 26.0 Å². The van der Waals surface area contributed by atoms with E-state index < -0.39 is 5.97 Å². The first-order valence-corrected chi connectivity index (χ1v) is 11.4. The lowest BCUT2D eigenvalue weighted by Crippen LogP contribution is -2.33. The van der Waals surface area contributed by atoms with Gasteiger partial charge in [-0.3, -0.25) is 14.2 Å². The predicted octanol–water partition coefficient (Wildman–Crippen LogP) is 4.61. The monoisotopic (exact) mass is 438 g/mol. The van der Waals surface area contributed by atoms with Gasteiger partial charge >= 0.3 is 5.97 Å². The molecule has 0 bridgehead atoms. The third-order valence-electron chi connectivity index (χ3n) is 6.64. The van der Waals surface area contributed by atoms with Gasteiger partial charge in [-0.2, -0.15) is 0 Å². The van der Waals surface area contributed by atoms with Crippen LogP contribution in [0.1, 0.15) is 75.1 Å². The van der Waals surface area contributed by atoms with Crippen LogP contribution in [0.2, 0.25) is 0 Å². The second kappa shape index (κ2) is 9.22. The van der Waals surface area contributed by atoms with Crippen molar-refractivity contribution in [3.8, 4) is 11.3 Å². The number of carboxylic acid groups (broad SMARTS) is 1. The highest BCUT2D eigenvalue weighted by atomic mass is 16.5. The topological polar surface area (TPSA) is 111 Å². The molecular weight excluding hydrogens is 408 g/mol. The Kier molecular flexibility index (Phi) is 6.39. The molecule has 3 aromatic rings. The molecule has 170 valence electrons. The number of hydrogen-bond acceptors (Lipinski definition) is 6. The zero-order valence-electron chi connectivity index (χ0n) is 18.9. The fourth-order valence-electron chi connectivity index (χ4n) is 4.90. The highest BCUT2D eigenvalue weighted by molar-refractivity contribution is 5.76. The summed E-state index contributed by atoms with van der Waals surface area (Å²) < 4.78 is 7.12. The first kappa shape index (κ1) is 22.2. The largest absolute Gasteiger partial charge is 0.481 e. The van der Waals surface area contributed by atoms with Gasteiger partial charge in [0, 0.05) is 12.5 Å². The minimum atomic E-state index is -0.868. The summed E-state index contributed by atoms with van der Waals surface area (Å²) in [5.41, 5.74) is 3.75. The van der Waals surface area contributed by atoms with Gasteiger partial charge in [-0.05, 0) is 64.5 Å². The number of nitrogens with zero attached hydrogens (tertiary/aromatic N) is 4. The van der Waals surface area contributed by atoms with Gasteiger partial charge in [0.2, 0.25) is 0 Å². The van der Waals surface area contributed by atoms with E-state index in [2.05, 4.69) is 17.1 Å². The number of carboxylic acids is 1. The Morgan fingerprint density at radius 1 is 1.22 bits per heavy atom. The molecule has 3 aromatic heterocycles. The summed E-state index contributed by atoms with van der Waals surface area (Å²) in [6.07, 6.45) is 6.51.